The van der Waals surface area contributed by atoms with Crippen LogP contribution in [0.1, 0.15) is 13.8 Å². The number of nitrogens with zero attached hydrogens (tertiary/aromatic N) is 5. The summed E-state index contributed by atoms with van der Waals surface area (Å²) >= 11 is 0. The van der Waals surface area contributed by atoms with Gasteiger partial charge in [-0.05, 0) is 13.8 Å². The number of aromatic nitrogens is 4. The molecule has 2 aromatic heterocycles. The van der Waals surface area contributed by atoms with Crippen molar-refractivity contribution in [3.63, 3.8) is 0 Å². The van der Waals surface area contributed by atoms with E-state index in [1.807, 2.05) is 0 Å². The van der Waals surface area contributed by atoms with Crippen LogP contribution in [-0.4, -0.2) is 37.5 Å². The molecule has 0 radical (unpaired) electrons. The average molecular weight is 274 g/mol. The molecule has 0 bridgehead atoms. The third-order valence-corrected chi connectivity index (χ3v) is 3.12. The Labute approximate surface area is 115 Å². The van der Waals surface area contributed by atoms with Crippen molar-refractivity contribution in [3.8, 4) is 6.07 Å². The third kappa shape index (κ3) is 2.07. The van der Waals surface area contributed by atoms with E-state index in [0.717, 1.165) is 0 Å². The van der Waals surface area contributed by atoms with E-state index in [-0.39, 0.29) is 6.10 Å². The van der Waals surface area contributed by atoms with Crippen LogP contribution in [0.5, 0.6) is 0 Å². The van der Waals surface area contributed by atoms with Gasteiger partial charge in [0.05, 0.1) is 18.9 Å². The lowest BCUT2D eigenvalue weighted by atomic mass is 10.2. The highest BCUT2D eigenvalue weighted by Gasteiger charge is 2.41. The van der Waals surface area contributed by atoms with E-state index in [1.165, 1.54) is 6.33 Å². The Bertz CT molecular complexity index is 689. The van der Waals surface area contributed by atoms with Crippen molar-refractivity contribution in [3.05, 3.63) is 12.7 Å². The SMILES string of the molecule is CC1(C)O[C@@H](Cn2cnc3c(N)ncnc32)[C@@H](C#N)O1. The number of nitriles is 1. The summed E-state index contributed by atoms with van der Waals surface area (Å²) in [6.07, 6.45) is 1.98. The molecule has 1 aliphatic rings. The van der Waals surface area contributed by atoms with Crippen LogP contribution >= 0.6 is 0 Å². The van der Waals surface area contributed by atoms with Crippen molar-refractivity contribution >= 4 is 17.0 Å². The molecule has 0 amide bonds. The zero-order chi connectivity index (χ0) is 14.3. The highest BCUT2D eigenvalue weighted by Crippen LogP contribution is 2.29. The summed E-state index contributed by atoms with van der Waals surface area (Å²) in [5.74, 6) is -0.440. The normalized spacial score (nSPS) is 24.9. The maximum Gasteiger partial charge on any atom is 0.175 e. The molecule has 0 unspecified atom stereocenters. The summed E-state index contributed by atoms with van der Waals surface area (Å²) in [4.78, 5) is 12.2. The van der Waals surface area contributed by atoms with Crippen LogP contribution in [0.15, 0.2) is 12.7 Å². The first-order valence-corrected chi connectivity index (χ1v) is 6.17. The number of nitrogens with two attached hydrogens (primary N) is 1. The lowest BCUT2D eigenvalue weighted by Gasteiger charge is -2.16. The highest BCUT2D eigenvalue weighted by atomic mass is 16.7. The lowest BCUT2D eigenvalue weighted by molar-refractivity contribution is -0.143. The molecule has 2 N–H and O–H groups in total. The van der Waals surface area contributed by atoms with Gasteiger partial charge in [0.1, 0.15) is 17.9 Å². The summed E-state index contributed by atoms with van der Waals surface area (Å²) < 4.78 is 13.0. The Morgan fingerprint density at radius 3 is 2.95 bits per heavy atom. The van der Waals surface area contributed by atoms with Crippen molar-refractivity contribution in [2.45, 2.75) is 38.4 Å². The average Bonchev–Trinajstić information content (AvgIpc) is 2.92. The minimum Gasteiger partial charge on any atom is -0.382 e. The smallest absolute Gasteiger partial charge is 0.175 e. The van der Waals surface area contributed by atoms with Gasteiger partial charge in [-0.15, -0.1) is 0 Å². The number of ether oxygens (including phenoxy) is 2. The topological polar surface area (TPSA) is 112 Å². The number of hydrogen-bond donors (Lipinski definition) is 1. The fourth-order valence-electron chi connectivity index (χ4n) is 2.30. The molecule has 2 aromatic rings. The monoisotopic (exact) mass is 274 g/mol. The van der Waals surface area contributed by atoms with Crippen LogP contribution in [0.25, 0.3) is 11.2 Å². The fourth-order valence-corrected chi connectivity index (χ4v) is 2.30. The molecule has 3 heterocycles. The number of anilines is 1. The maximum atomic E-state index is 9.13. The number of fused-ring (bicyclic) bond motifs is 1. The van der Waals surface area contributed by atoms with E-state index in [1.54, 1.807) is 24.7 Å². The molecule has 1 saturated heterocycles. The van der Waals surface area contributed by atoms with Crippen LogP contribution < -0.4 is 5.73 Å². The van der Waals surface area contributed by atoms with E-state index >= 15 is 0 Å². The first kappa shape index (κ1) is 12.8. The summed E-state index contributed by atoms with van der Waals surface area (Å²) in [7, 11) is 0. The van der Waals surface area contributed by atoms with E-state index in [2.05, 4.69) is 21.0 Å². The standard InChI is InChI=1S/C12H14N6O2/c1-12(2)19-7(3-13)8(20-12)4-18-6-17-9-10(14)15-5-16-11(9)18/h5-8H,4H2,1-2H3,(H2,14,15,16)/t7-,8+/m1/s1. The Balaban J connectivity index is 1.90. The van der Waals surface area contributed by atoms with Gasteiger partial charge in [0.25, 0.3) is 0 Å². The maximum absolute atomic E-state index is 9.13. The Hall–Kier alpha value is -2.24. The van der Waals surface area contributed by atoms with Gasteiger partial charge in [-0.3, -0.25) is 0 Å². The number of nitrogen functional groups attached to an aromatic ring is 1. The molecule has 20 heavy (non-hydrogen) atoms. The van der Waals surface area contributed by atoms with E-state index in [9.17, 15) is 0 Å². The van der Waals surface area contributed by atoms with E-state index in [4.69, 9.17) is 20.5 Å². The molecule has 0 aromatic carbocycles. The molecular formula is C12H14N6O2. The molecule has 8 nitrogen and oxygen atoms in total. The predicted octanol–water partition coefficient (Wildman–Crippen LogP) is 0.452. The van der Waals surface area contributed by atoms with Crippen LogP contribution in [0.3, 0.4) is 0 Å². The van der Waals surface area contributed by atoms with Gasteiger partial charge in [-0.25, -0.2) is 15.0 Å². The predicted molar refractivity (Wildman–Crippen MR) is 69.2 cm³/mol. The second kappa shape index (κ2) is 4.40. The molecule has 104 valence electrons. The lowest BCUT2D eigenvalue weighted by Crippen LogP contribution is -2.26. The zero-order valence-electron chi connectivity index (χ0n) is 11.1. The second-order valence-corrected chi connectivity index (χ2v) is 5.05. The van der Waals surface area contributed by atoms with Gasteiger partial charge < -0.3 is 19.8 Å². The van der Waals surface area contributed by atoms with Crippen molar-refractivity contribution < 1.29 is 9.47 Å². The van der Waals surface area contributed by atoms with Gasteiger partial charge in [0.2, 0.25) is 0 Å². The fraction of sp³-hybridized carbons (Fsp3) is 0.500. The first-order chi connectivity index (χ1) is 9.50. The highest BCUT2D eigenvalue weighted by molar-refractivity contribution is 5.81. The molecular weight excluding hydrogens is 260 g/mol. The van der Waals surface area contributed by atoms with Gasteiger partial charge in [0, 0.05) is 0 Å². The van der Waals surface area contributed by atoms with E-state index in [0.29, 0.717) is 23.5 Å². The van der Waals surface area contributed by atoms with Crippen molar-refractivity contribution in [2.24, 2.45) is 0 Å². The van der Waals surface area contributed by atoms with Gasteiger partial charge in [-0.2, -0.15) is 5.26 Å². The molecule has 0 aliphatic carbocycles. The third-order valence-electron chi connectivity index (χ3n) is 3.12. The number of imidazole rings is 1. The summed E-state index contributed by atoms with van der Waals surface area (Å²) in [5, 5.41) is 9.13. The van der Waals surface area contributed by atoms with Crippen molar-refractivity contribution in [1.29, 1.82) is 5.26 Å². The van der Waals surface area contributed by atoms with Gasteiger partial charge >= 0.3 is 0 Å². The van der Waals surface area contributed by atoms with Crippen LogP contribution in [0.2, 0.25) is 0 Å². The van der Waals surface area contributed by atoms with Crippen molar-refractivity contribution in [2.75, 3.05) is 5.73 Å². The van der Waals surface area contributed by atoms with Crippen LogP contribution in [-0.2, 0) is 16.0 Å². The summed E-state index contributed by atoms with van der Waals surface area (Å²) in [6, 6.07) is 2.10. The molecule has 1 aliphatic heterocycles. The largest absolute Gasteiger partial charge is 0.382 e. The first-order valence-electron chi connectivity index (χ1n) is 6.17. The second-order valence-electron chi connectivity index (χ2n) is 5.05. The van der Waals surface area contributed by atoms with E-state index < -0.39 is 11.9 Å². The number of rotatable bonds is 2. The molecule has 0 saturated carbocycles. The molecule has 0 spiro atoms. The van der Waals surface area contributed by atoms with Crippen molar-refractivity contribution in [1.82, 2.24) is 19.5 Å². The molecule has 3 rings (SSSR count). The Kier molecular flexibility index (Phi) is 2.81. The van der Waals surface area contributed by atoms with Gasteiger partial charge in [0.15, 0.2) is 23.4 Å². The zero-order valence-corrected chi connectivity index (χ0v) is 11.1. The number of hydrogen-bond acceptors (Lipinski definition) is 7. The van der Waals surface area contributed by atoms with Gasteiger partial charge in [-0.1, -0.05) is 0 Å². The summed E-state index contributed by atoms with van der Waals surface area (Å²) in [6.45, 7) is 3.97. The van der Waals surface area contributed by atoms with Crippen LogP contribution in [0, 0.1) is 11.3 Å². The molecule has 1 fully saturated rings. The minimum atomic E-state index is -0.768. The quantitative estimate of drug-likeness (QED) is 0.846. The molecule has 2 atom stereocenters. The Morgan fingerprint density at radius 2 is 2.20 bits per heavy atom. The van der Waals surface area contributed by atoms with Crippen LogP contribution in [0.4, 0.5) is 5.82 Å². The Morgan fingerprint density at radius 1 is 1.40 bits per heavy atom. The summed E-state index contributed by atoms with van der Waals surface area (Å²) in [5.41, 5.74) is 6.89. The molecule has 8 heteroatoms. The minimum absolute atomic E-state index is 0.328.